The van der Waals surface area contributed by atoms with Crippen molar-refractivity contribution in [2.24, 2.45) is 0 Å². The van der Waals surface area contributed by atoms with Crippen LogP contribution in [-0.2, 0) is 16.6 Å². The van der Waals surface area contributed by atoms with Gasteiger partial charge in [-0.05, 0) is 24.6 Å². The van der Waals surface area contributed by atoms with E-state index in [2.05, 4.69) is 36.1 Å². The molecule has 1 aliphatic heterocycles. The maximum Gasteiger partial charge on any atom is 0.244 e. The molecule has 0 radical (unpaired) electrons. The van der Waals surface area contributed by atoms with Crippen LogP contribution in [0.1, 0.15) is 11.1 Å². The number of hydrogen-bond donors (Lipinski definition) is 0. The van der Waals surface area contributed by atoms with Crippen molar-refractivity contribution in [1.82, 2.24) is 9.21 Å². The zero-order valence-corrected chi connectivity index (χ0v) is 15.2. The Labute approximate surface area is 148 Å². The third kappa shape index (κ3) is 3.81. The van der Waals surface area contributed by atoms with Gasteiger partial charge in [0.2, 0.25) is 10.0 Å². The van der Waals surface area contributed by atoms with E-state index < -0.39 is 10.0 Å². The van der Waals surface area contributed by atoms with E-state index in [-0.39, 0.29) is 9.92 Å². The van der Waals surface area contributed by atoms with Crippen LogP contribution in [-0.4, -0.2) is 43.8 Å². The van der Waals surface area contributed by atoms with Gasteiger partial charge in [-0.25, -0.2) is 8.42 Å². The van der Waals surface area contributed by atoms with Gasteiger partial charge in [-0.2, -0.15) is 4.31 Å². The van der Waals surface area contributed by atoms with Crippen molar-refractivity contribution in [3.8, 4) is 0 Å². The molecule has 128 valence electrons. The lowest BCUT2D eigenvalue weighted by molar-refractivity contribution is 0.181. The highest BCUT2D eigenvalue weighted by atomic mass is 35.5. The lowest BCUT2D eigenvalue weighted by Gasteiger charge is -2.34. The molecule has 1 aliphatic rings. The summed E-state index contributed by atoms with van der Waals surface area (Å²) < 4.78 is 27.0. The molecule has 1 saturated heterocycles. The molecule has 0 unspecified atom stereocenters. The maximum atomic E-state index is 12.7. The summed E-state index contributed by atoms with van der Waals surface area (Å²) in [6.07, 6.45) is 0. The third-order valence-electron chi connectivity index (χ3n) is 4.31. The highest BCUT2D eigenvalue weighted by Gasteiger charge is 2.29. The van der Waals surface area contributed by atoms with Gasteiger partial charge >= 0.3 is 0 Å². The summed E-state index contributed by atoms with van der Waals surface area (Å²) in [7, 11) is -3.52. The van der Waals surface area contributed by atoms with Crippen LogP contribution in [0.5, 0.6) is 0 Å². The van der Waals surface area contributed by atoms with Crippen LogP contribution in [0.4, 0.5) is 0 Å². The van der Waals surface area contributed by atoms with E-state index in [4.69, 9.17) is 11.6 Å². The number of halogens is 1. The second-order valence-corrected chi connectivity index (χ2v) is 8.41. The summed E-state index contributed by atoms with van der Waals surface area (Å²) in [6.45, 7) is 5.33. The molecule has 24 heavy (non-hydrogen) atoms. The van der Waals surface area contributed by atoms with Crippen molar-refractivity contribution >= 4 is 21.6 Å². The van der Waals surface area contributed by atoms with Crippen LogP contribution >= 0.6 is 11.6 Å². The monoisotopic (exact) mass is 364 g/mol. The SMILES string of the molecule is Cc1ccc(CN2CCN(S(=O)(=O)c3ccccc3Cl)CC2)cc1. The van der Waals surface area contributed by atoms with Crippen LogP contribution < -0.4 is 0 Å². The second kappa shape index (κ2) is 7.23. The summed E-state index contributed by atoms with van der Waals surface area (Å²) in [5.74, 6) is 0. The number of hydrogen-bond acceptors (Lipinski definition) is 3. The van der Waals surface area contributed by atoms with Gasteiger partial charge in [0.1, 0.15) is 4.90 Å². The first-order chi connectivity index (χ1) is 11.5. The number of aryl methyl sites for hydroxylation is 1. The van der Waals surface area contributed by atoms with Crippen molar-refractivity contribution in [2.75, 3.05) is 26.2 Å². The lowest BCUT2D eigenvalue weighted by atomic mass is 10.1. The van der Waals surface area contributed by atoms with Gasteiger partial charge in [-0.3, -0.25) is 4.90 Å². The van der Waals surface area contributed by atoms with Gasteiger partial charge in [-0.15, -0.1) is 0 Å². The molecule has 0 atom stereocenters. The minimum absolute atomic E-state index is 0.193. The first-order valence-corrected chi connectivity index (χ1v) is 9.81. The van der Waals surface area contributed by atoms with E-state index >= 15 is 0 Å². The van der Waals surface area contributed by atoms with Crippen molar-refractivity contribution in [1.29, 1.82) is 0 Å². The van der Waals surface area contributed by atoms with Crippen molar-refractivity contribution < 1.29 is 8.42 Å². The largest absolute Gasteiger partial charge is 0.296 e. The standard InChI is InChI=1S/C18H21ClN2O2S/c1-15-6-8-16(9-7-15)14-20-10-12-21(13-11-20)24(22,23)18-5-3-2-4-17(18)19/h2-9H,10-14H2,1H3. The Bertz CT molecular complexity index is 798. The quantitative estimate of drug-likeness (QED) is 0.836. The third-order valence-corrected chi connectivity index (χ3v) is 6.71. The fourth-order valence-corrected chi connectivity index (χ4v) is 4.79. The number of nitrogens with zero attached hydrogens (tertiary/aromatic N) is 2. The fourth-order valence-electron chi connectivity index (χ4n) is 2.87. The summed E-state index contributed by atoms with van der Waals surface area (Å²) in [5.41, 5.74) is 2.50. The predicted octanol–water partition coefficient (Wildman–Crippen LogP) is 3.15. The van der Waals surface area contributed by atoms with Gasteiger partial charge in [0, 0.05) is 32.7 Å². The van der Waals surface area contributed by atoms with E-state index in [0.29, 0.717) is 13.1 Å². The fraction of sp³-hybridized carbons (Fsp3) is 0.333. The molecule has 6 heteroatoms. The zero-order chi connectivity index (χ0) is 17.2. The van der Waals surface area contributed by atoms with Gasteiger partial charge in [0.25, 0.3) is 0 Å². The van der Waals surface area contributed by atoms with E-state index in [9.17, 15) is 8.42 Å². The van der Waals surface area contributed by atoms with E-state index in [0.717, 1.165) is 19.6 Å². The number of rotatable bonds is 4. The Morgan fingerprint density at radius 2 is 1.58 bits per heavy atom. The van der Waals surface area contributed by atoms with Crippen LogP contribution in [0, 0.1) is 6.92 Å². The predicted molar refractivity (Wildman–Crippen MR) is 96.7 cm³/mol. The molecule has 4 nitrogen and oxygen atoms in total. The average molecular weight is 365 g/mol. The van der Waals surface area contributed by atoms with Crippen molar-refractivity contribution in [2.45, 2.75) is 18.4 Å². The maximum absolute atomic E-state index is 12.7. The summed E-state index contributed by atoms with van der Waals surface area (Å²) in [4.78, 5) is 2.47. The van der Waals surface area contributed by atoms with Crippen molar-refractivity contribution in [3.63, 3.8) is 0 Å². The molecule has 0 saturated carbocycles. The molecule has 2 aromatic carbocycles. The Balaban J connectivity index is 1.64. The van der Waals surface area contributed by atoms with Crippen LogP contribution in [0.15, 0.2) is 53.4 Å². The van der Waals surface area contributed by atoms with Gasteiger partial charge < -0.3 is 0 Å². The molecular weight excluding hydrogens is 344 g/mol. The molecule has 0 aliphatic carbocycles. The molecule has 0 amide bonds. The first-order valence-electron chi connectivity index (χ1n) is 7.99. The van der Waals surface area contributed by atoms with Crippen molar-refractivity contribution in [3.05, 3.63) is 64.7 Å². The van der Waals surface area contributed by atoms with E-state index in [1.54, 1.807) is 24.3 Å². The summed E-state index contributed by atoms with van der Waals surface area (Å²) in [5, 5.41) is 0.277. The minimum atomic E-state index is -3.52. The molecule has 3 rings (SSSR count). The van der Waals surface area contributed by atoms with Gasteiger partial charge in [0.05, 0.1) is 5.02 Å². The Kier molecular flexibility index (Phi) is 5.25. The molecule has 1 heterocycles. The van der Waals surface area contributed by atoms with Crippen LogP contribution in [0.2, 0.25) is 5.02 Å². The average Bonchev–Trinajstić information content (AvgIpc) is 2.58. The van der Waals surface area contributed by atoms with E-state index in [1.807, 2.05) is 0 Å². The second-order valence-electron chi connectivity index (χ2n) is 6.10. The molecule has 0 spiro atoms. The van der Waals surface area contributed by atoms with E-state index in [1.165, 1.54) is 15.4 Å². The van der Waals surface area contributed by atoms with Gasteiger partial charge in [-0.1, -0.05) is 53.6 Å². The number of piperazine rings is 1. The summed E-state index contributed by atoms with van der Waals surface area (Å²) >= 11 is 6.06. The van der Waals surface area contributed by atoms with Crippen LogP contribution in [0.25, 0.3) is 0 Å². The Morgan fingerprint density at radius 1 is 0.958 bits per heavy atom. The molecule has 2 aromatic rings. The highest BCUT2D eigenvalue weighted by Crippen LogP contribution is 2.25. The zero-order valence-electron chi connectivity index (χ0n) is 13.7. The molecule has 0 bridgehead atoms. The molecule has 0 aromatic heterocycles. The summed E-state index contributed by atoms with van der Waals surface area (Å²) in [6, 6.07) is 15.1. The normalized spacial score (nSPS) is 17.1. The molecular formula is C18H21ClN2O2S. The first kappa shape index (κ1) is 17.4. The minimum Gasteiger partial charge on any atom is -0.296 e. The van der Waals surface area contributed by atoms with Crippen LogP contribution in [0.3, 0.4) is 0 Å². The number of sulfonamides is 1. The topological polar surface area (TPSA) is 40.6 Å². The lowest BCUT2D eigenvalue weighted by Crippen LogP contribution is -2.48. The highest BCUT2D eigenvalue weighted by molar-refractivity contribution is 7.89. The Morgan fingerprint density at radius 3 is 2.21 bits per heavy atom. The number of benzene rings is 2. The van der Waals surface area contributed by atoms with Gasteiger partial charge in [0.15, 0.2) is 0 Å². The molecule has 0 N–H and O–H groups in total. The molecule has 1 fully saturated rings. The Hall–Kier alpha value is -1.40. The smallest absolute Gasteiger partial charge is 0.244 e.